The molecule has 1 unspecified atom stereocenters. The van der Waals surface area contributed by atoms with Gasteiger partial charge in [0.1, 0.15) is 5.52 Å². The van der Waals surface area contributed by atoms with Crippen LogP contribution in [0.1, 0.15) is 0 Å². The van der Waals surface area contributed by atoms with Crippen molar-refractivity contribution in [2.45, 2.75) is 19.2 Å². The average molecular weight is 342 g/mol. The van der Waals surface area contributed by atoms with Crippen molar-refractivity contribution in [2.75, 3.05) is 0 Å². The summed E-state index contributed by atoms with van der Waals surface area (Å²) in [6.45, 7) is 0.906. The Bertz CT molecular complexity index is 1170. The molecular weight excluding hydrogens is 324 g/mol. The zero-order chi connectivity index (χ0) is 17.5. The van der Waals surface area contributed by atoms with Gasteiger partial charge in [-0.25, -0.2) is 4.68 Å². The fraction of sp³-hybridized carbons (Fsp3) is 0.143. The molecule has 5 heteroatoms. The maximum absolute atomic E-state index is 10.8. The van der Waals surface area contributed by atoms with Crippen molar-refractivity contribution in [3.63, 3.8) is 0 Å². The van der Waals surface area contributed by atoms with Crippen molar-refractivity contribution in [3.8, 4) is 0 Å². The lowest BCUT2D eigenvalue weighted by Gasteiger charge is -2.14. The van der Waals surface area contributed by atoms with Gasteiger partial charge in [-0.2, -0.15) is 0 Å². The minimum atomic E-state index is -0.570. The van der Waals surface area contributed by atoms with Crippen molar-refractivity contribution in [1.29, 1.82) is 0 Å². The molecule has 1 atom stereocenters. The minimum Gasteiger partial charge on any atom is -0.389 e. The number of benzene rings is 3. The number of hydrogen-bond donors (Lipinski definition) is 1. The first-order valence-electron chi connectivity index (χ1n) is 8.73. The lowest BCUT2D eigenvalue weighted by molar-refractivity contribution is 0.133. The first kappa shape index (κ1) is 15.1. The van der Waals surface area contributed by atoms with E-state index in [1.807, 2.05) is 36.4 Å². The van der Waals surface area contributed by atoms with Gasteiger partial charge >= 0.3 is 0 Å². The molecule has 0 bridgehead atoms. The van der Waals surface area contributed by atoms with Gasteiger partial charge in [0.25, 0.3) is 0 Å². The van der Waals surface area contributed by atoms with Crippen LogP contribution in [-0.2, 0) is 13.1 Å². The molecule has 5 rings (SSSR count). The molecule has 0 aliphatic heterocycles. The van der Waals surface area contributed by atoms with Gasteiger partial charge < -0.3 is 9.67 Å². The van der Waals surface area contributed by atoms with E-state index in [4.69, 9.17) is 0 Å². The summed E-state index contributed by atoms with van der Waals surface area (Å²) in [6.07, 6.45) is -0.570. The third kappa shape index (κ3) is 2.36. The molecule has 0 radical (unpaired) electrons. The van der Waals surface area contributed by atoms with Crippen molar-refractivity contribution >= 4 is 32.8 Å². The molecule has 0 spiro atoms. The molecule has 0 amide bonds. The molecule has 0 aliphatic rings. The van der Waals surface area contributed by atoms with Crippen molar-refractivity contribution in [2.24, 2.45) is 0 Å². The van der Waals surface area contributed by atoms with E-state index in [0.717, 1.165) is 22.1 Å². The molecule has 0 aliphatic carbocycles. The number of hydrogen-bond acceptors (Lipinski definition) is 3. The monoisotopic (exact) mass is 342 g/mol. The maximum Gasteiger partial charge on any atom is 0.113 e. The Morgan fingerprint density at radius 1 is 0.731 bits per heavy atom. The molecule has 0 fully saturated rings. The van der Waals surface area contributed by atoms with Gasteiger partial charge in [0, 0.05) is 21.8 Å². The Labute approximate surface area is 150 Å². The quantitative estimate of drug-likeness (QED) is 0.543. The van der Waals surface area contributed by atoms with Crippen LogP contribution in [0.3, 0.4) is 0 Å². The molecule has 5 nitrogen and oxygen atoms in total. The normalized spacial score (nSPS) is 13.0. The summed E-state index contributed by atoms with van der Waals surface area (Å²) < 4.78 is 3.96. The van der Waals surface area contributed by atoms with Gasteiger partial charge in [0.2, 0.25) is 0 Å². The van der Waals surface area contributed by atoms with E-state index in [0.29, 0.717) is 13.1 Å². The van der Waals surface area contributed by atoms with Crippen LogP contribution < -0.4 is 0 Å². The van der Waals surface area contributed by atoms with Crippen LogP contribution >= 0.6 is 0 Å². The van der Waals surface area contributed by atoms with Crippen LogP contribution in [0.2, 0.25) is 0 Å². The number of rotatable bonds is 4. The molecule has 0 saturated carbocycles. The number of fused-ring (bicyclic) bond motifs is 4. The molecule has 2 heterocycles. The summed E-state index contributed by atoms with van der Waals surface area (Å²) in [5.74, 6) is 0. The summed E-state index contributed by atoms with van der Waals surface area (Å²) in [6, 6.07) is 24.5. The van der Waals surface area contributed by atoms with Gasteiger partial charge in [0.15, 0.2) is 0 Å². The van der Waals surface area contributed by atoms with E-state index < -0.39 is 6.10 Å². The summed E-state index contributed by atoms with van der Waals surface area (Å²) in [4.78, 5) is 0. The molecule has 1 N–H and O–H groups in total. The lowest BCUT2D eigenvalue weighted by Crippen LogP contribution is -2.22. The Morgan fingerprint density at radius 3 is 2.00 bits per heavy atom. The first-order chi connectivity index (χ1) is 12.8. The second kappa shape index (κ2) is 5.97. The predicted molar refractivity (Wildman–Crippen MR) is 103 cm³/mol. The summed E-state index contributed by atoms with van der Waals surface area (Å²) >= 11 is 0. The van der Waals surface area contributed by atoms with Crippen LogP contribution in [0.25, 0.3) is 32.8 Å². The molecule has 5 aromatic rings. The Morgan fingerprint density at radius 2 is 1.31 bits per heavy atom. The van der Waals surface area contributed by atoms with Crippen molar-refractivity contribution in [1.82, 2.24) is 19.6 Å². The highest BCUT2D eigenvalue weighted by molar-refractivity contribution is 6.07. The van der Waals surface area contributed by atoms with E-state index in [2.05, 4.69) is 51.3 Å². The highest BCUT2D eigenvalue weighted by Gasteiger charge is 2.15. The minimum absolute atomic E-state index is 0.404. The Hall–Kier alpha value is -3.18. The molecule has 2 aromatic heterocycles. The van der Waals surface area contributed by atoms with Crippen LogP contribution in [-0.4, -0.2) is 30.8 Å². The van der Waals surface area contributed by atoms with Gasteiger partial charge in [-0.3, -0.25) is 0 Å². The first-order valence-corrected chi connectivity index (χ1v) is 8.73. The molecule has 0 saturated heterocycles. The summed E-state index contributed by atoms with van der Waals surface area (Å²) in [5.41, 5.74) is 4.05. The zero-order valence-electron chi connectivity index (χ0n) is 14.2. The average Bonchev–Trinajstić information content (AvgIpc) is 3.22. The van der Waals surface area contributed by atoms with E-state index >= 15 is 0 Å². The molecule has 26 heavy (non-hydrogen) atoms. The van der Waals surface area contributed by atoms with Crippen molar-refractivity contribution in [3.05, 3.63) is 72.8 Å². The highest BCUT2D eigenvalue weighted by Crippen LogP contribution is 2.29. The number of aliphatic hydroxyl groups is 1. The third-order valence-corrected chi connectivity index (χ3v) is 4.88. The number of nitrogens with zero attached hydrogens (tertiary/aromatic N) is 4. The van der Waals surface area contributed by atoms with Gasteiger partial charge in [-0.05, 0) is 24.3 Å². The second-order valence-corrected chi connectivity index (χ2v) is 6.56. The number of aromatic nitrogens is 4. The smallest absolute Gasteiger partial charge is 0.113 e. The summed E-state index contributed by atoms with van der Waals surface area (Å²) in [7, 11) is 0. The SMILES string of the molecule is OC(Cn1nnc2ccccc21)Cn1c2ccccc2c2ccccc21. The molecule has 128 valence electrons. The summed E-state index contributed by atoms with van der Waals surface area (Å²) in [5, 5.41) is 21.5. The van der Waals surface area contributed by atoms with Crippen LogP contribution in [0, 0.1) is 0 Å². The molecule has 3 aromatic carbocycles. The maximum atomic E-state index is 10.8. The fourth-order valence-electron chi connectivity index (χ4n) is 3.72. The van der Waals surface area contributed by atoms with Crippen LogP contribution in [0.5, 0.6) is 0 Å². The second-order valence-electron chi connectivity index (χ2n) is 6.56. The van der Waals surface area contributed by atoms with E-state index in [1.165, 1.54) is 10.8 Å². The number of para-hydroxylation sites is 3. The molecular formula is C21H18N4O. The highest BCUT2D eigenvalue weighted by atomic mass is 16.3. The largest absolute Gasteiger partial charge is 0.389 e. The van der Waals surface area contributed by atoms with E-state index in [1.54, 1.807) is 4.68 Å². The van der Waals surface area contributed by atoms with E-state index in [9.17, 15) is 5.11 Å². The number of aliphatic hydroxyl groups excluding tert-OH is 1. The Balaban J connectivity index is 1.52. The topological polar surface area (TPSA) is 55.9 Å². The standard InChI is InChI=1S/C21H18N4O/c26-15(14-25-21-12-6-3-9-18(21)22-23-25)13-24-19-10-4-1-7-16(19)17-8-2-5-11-20(17)24/h1-12,15,26H,13-14H2. The van der Waals surface area contributed by atoms with Gasteiger partial charge in [-0.1, -0.05) is 53.7 Å². The third-order valence-electron chi connectivity index (χ3n) is 4.88. The lowest BCUT2D eigenvalue weighted by atomic mass is 10.2. The van der Waals surface area contributed by atoms with Crippen LogP contribution in [0.4, 0.5) is 0 Å². The predicted octanol–water partition coefficient (Wildman–Crippen LogP) is 3.60. The fourth-order valence-corrected chi connectivity index (χ4v) is 3.72. The zero-order valence-corrected chi connectivity index (χ0v) is 14.2. The Kier molecular flexibility index (Phi) is 3.47. The van der Waals surface area contributed by atoms with Crippen molar-refractivity contribution < 1.29 is 5.11 Å². The van der Waals surface area contributed by atoms with Gasteiger partial charge in [-0.15, -0.1) is 5.10 Å². The van der Waals surface area contributed by atoms with Crippen LogP contribution in [0.15, 0.2) is 72.8 Å². The van der Waals surface area contributed by atoms with Gasteiger partial charge in [0.05, 0.1) is 24.7 Å². The van der Waals surface area contributed by atoms with E-state index in [-0.39, 0.29) is 0 Å².